The number of methoxy groups -OCH3 is 1. The van der Waals surface area contributed by atoms with E-state index in [1.807, 2.05) is 13.0 Å². The number of halogens is 1. The maximum absolute atomic E-state index is 9.48. The van der Waals surface area contributed by atoms with E-state index < -0.39 is 0 Å². The third-order valence-electron chi connectivity index (χ3n) is 2.60. The number of aryl methyl sites for hydroxylation is 2. The van der Waals surface area contributed by atoms with Crippen LogP contribution in [0.1, 0.15) is 5.56 Å². The fourth-order valence-electron chi connectivity index (χ4n) is 1.69. The second-order valence-electron chi connectivity index (χ2n) is 3.80. The molecule has 1 N–H and O–H groups in total. The molecule has 1 aromatic heterocycles. The molecule has 0 aliphatic carbocycles. The van der Waals surface area contributed by atoms with Crippen LogP contribution in [0.2, 0.25) is 5.02 Å². The molecule has 0 bridgehead atoms. The van der Waals surface area contributed by atoms with E-state index in [9.17, 15) is 5.11 Å². The van der Waals surface area contributed by atoms with Gasteiger partial charge in [-0.05, 0) is 30.7 Å². The van der Waals surface area contributed by atoms with Crippen molar-refractivity contribution in [1.82, 2.24) is 9.78 Å². The molecule has 0 radical (unpaired) electrons. The van der Waals surface area contributed by atoms with Crippen LogP contribution in [0.15, 0.2) is 18.2 Å². The van der Waals surface area contributed by atoms with Crippen LogP contribution >= 0.6 is 11.6 Å². The molecule has 17 heavy (non-hydrogen) atoms. The molecule has 2 aromatic rings. The summed E-state index contributed by atoms with van der Waals surface area (Å²) in [5.74, 6) is 0.778. The van der Waals surface area contributed by atoms with Gasteiger partial charge in [0.05, 0.1) is 7.11 Å². The Kier molecular flexibility index (Phi) is 2.98. The van der Waals surface area contributed by atoms with Gasteiger partial charge < -0.3 is 9.84 Å². The van der Waals surface area contributed by atoms with Crippen molar-refractivity contribution in [1.29, 1.82) is 0 Å². The Morgan fingerprint density at radius 3 is 2.65 bits per heavy atom. The molecule has 5 heteroatoms. The molecule has 0 atom stereocenters. The topological polar surface area (TPSA) is 47.3 Å². The first-order chi connectivity index (χ1) is 8.04. The van der Waals surface area contributed by atoms with Gasteiger partial charge in [-0.15, -0.1) is 0 Å². The Hall–Kier alpha value is -1.68. The largest absolute Gasteiger partial charge is 0.508 e. The third kappa shape index (κ3) is 1.96. The van der Waals surface area contributed by atoms with E-state index in [0.717, 1.165) is 11.1 Å². The zero-order chi connectivity index (χ0) is 12.6. The van der Waals surface area contributed by atoms with Crippen molar-refractivity contribution in [2.45, 2.75) is 6.92 Å². The molecular formula is C12H13ClN2O2. The van der Waals surface area contributed by atoms with Gasteiger partial charge in [0.25, 0.3) is 0 Å². The van der Waals surface area contributed by atoms with Crippen molar-refractivity contribution in [3.8, 4) is 22.9 Å². The summed E-state index contributed by atoms with van der Waals surface area (Å²) in [7, 11) is 3.32. The van der Waals surface area contributed by atoms with Gasteiger partial charge in [0, 0.05) is 12.6 Å². The average Bonchev–Trinajstić information content (AvgIpc) is 2.58. The second kappa shape index (κ2) is 4.30. The molecule has 90 valence electrons. The highest BCUT2D eigenvalue weighted by atomic mass is 35.5. The number of ether oxygens (including phenoxy) is 1. The molecule has 1 aromatic carbocycles. The highest BCUT2D eigenvalue weighted by molar-refractivity contribution is 6.34. The van der Waals surface area contributed by atoms with E-state index in [1.165, 1.54) is 0 Å². The highest BCUT2D eigenvalue weighted by Crippen LogP contribution is 2.35. The molecule has 0 fully saturated rings. The van der Waals surface area contributed by atoms with Gasteiger partial charge >= 0.3 is 0 Å². The van der Waals surface area contributed by atoms with Gasteiger partial charge in [0.2, 0.25) is 5.88 Å². The highest BCUT2D eigenvalue weighted by Gasteiger charge is 2.16. The lowest BCUT2D eigenvalue weighted by molar-refractivity contribution is 0.373. The normalized spacial score (nSPS) is 10.6. The maximum atomic E-state index is 9.48. The van der Waals surface area contributed by atoms with E-state index in [2.05, 4.69) is 5.10 Å². The number of hydrogen-bond acceptors (Lipinski definition) is 3. The Balaban J connectivity index is 2.57. The number of hydrogen-bond donors (Lipinski definition) is 1. The summed E-state index contributed by atoms with van der Waals surface area (Å²) in [4.78, 5) is 0. The van der Waals surface area contributed by atoms with Crippen LogP contribution in [0.25, 0.3) is 11.3 Å². The predicted octanol–water partition coefficient (Wildman–Crippen LogP) is 2.76. The number of rotatable bonds is 2. The second-order valence-corrected chi connectivity index (χ2v) is 4.17. The fraction of sp³-hybridized carbons (Fsp3) is 0.250. The van der Waals surface area contributed by atoms with Gasteiger partial charge in [0.15, 0.2) is 0 Å². The standard InChI is InChI=1S/C12H13ClN2O2/c1-7-6-8(4-5-9(7)16)11-10(13)12(17-3)15(2)14-11/h4-6,16H,1-3H3. The van der Waals surface area contributed by atoms with Crippen molar-refractivity contribution in [2.24, 2.45) is 7.05 Å². The summed E-state index contributed by atoms with van der Waals surface area (Å²) in [6, 6.07) is 5.24. The van der Waals surface area contributed by atoms with Crippen molar-refractivity contribution < 1.29 is 9.84 Å². The molecule has 0 saturated heterocycles. The molecule has 0 saturated carbocycles. The van der Waals surface area contributed by atoms with E-state index in [-0.39, 0.29) is 5.75 Å². The lowest BCUT2D eigenvalue weighted by Gasteiger charge is -2.02. The van der Waals surface area contributed by atoms with E-state index in [0.29, 0.717) is 16.6 Å². The van der Waals surface area contributed by atoms with Crippen LogP contribution in [0.4, 0.5) is 0 Å². The zero-order valence-electron chi connectivity index (χ0n) is 9.86. The van der Waals surface area contributed by atoms with E-state index in [1.54, 1.807) is 31.0 Å². The first-order valence-corrected chi connectivity index (χ1v) is 5.49. The molecule has 1 heterocycles. The van der Waals surface area contributed by atoms with Crippen LogP contribution in [0.5, 0.6) is 11.6 Å². The Morgan fingerprint density at radius 1 is 1.41 bits per heavy atom. The minimum atomic E-state index is 0.257. The van der Waals surface area contributed by atoms with Crippen LogP contribution in [-0.4, -0.2) is 22.0 Å². The van der Waals surface area contributed by atoms with Crippen molar-refractivity contribution in [2.75, 3.05) is 7.11 Å². The molecule has 2 rings (SSSR count). The molecule has 4 nitrogen and oxygen atoms in total. The van der Waals surface area contributed by atoms with Crippen LogP contribution in [0.3, 0.4) is 0 Å². The summed E-state index contributed by atoms with van der Waals surface area (Å²) in [6.07, 6.45) is 0. The summed E-state index contributed by atoms with van der Waals surface area (Å²) < 4.78 is 6.73. The molecule has 0 unspecified atom stereocenters. The summed E-state index contributed by atoms with van der Waals surface area (Å²) in [5, 5.41) is 14.3. The number of nitrogens with zero attached hydrogens (tertiary/aromatic N) is 2. The summed E-state index contributed by atoms with van der Waals surface area (Å²) in [6.45, 7) is 1.83. The maximum Gasteiger partial charge on any atom is 0.231 e. The number of phenolic OH excluding ortho intramolecular Hbond substituents is 1. The molecular weight excluding hydrogens is 240 g/mol. The Bertz CT molecular complexity index is 564. The number of aromatic nitrogens is 2. The molecule has 0 aliphatic heterocycles. The van der Waals surface area contributed by atoms with E-state index >= 15 is 0 Å². The number of phenols is 1. The van der Waals surface area contributed by atoms with Crippen molar-refractivity contribution in [3.05, 3.63) is 28.8 Å². The van der Waals surface area contributed by atoms with Gasteiger partial charge in [-0.25, -0.2) is 4.68 Å². The monoisotopic (exact) mass is 252 g/mol. The van der Waals surface area contributed by atoms with Gasteiger partial charge in [-0.1, -0.05) is 11.6 Å². The summed E-state index contributed by atoms with van der Waals surface area (Å²) in [5.41, 5.74) is 2.28. The minimum absolute atomic E-state index is 0.257. The molecule has 0 amide bonds. The van der Waals surface area contributed by atoms with Crippen LogP contribution < -0.4 is 4.74 Å². The lowest BCUT2D eigenvalue weighted by atomic mass is 10.1. The van der Waals surface area contributed by atoms with E-state index in [4.69, 9.17) is 16.3 Å². The van der Waals surface area contributed by atoms with Crippen LogP contribution in [0, 0.1) is 6.92 Å². The Morgan fingerprint density at radius 2 is 2.12 bits per heavy atom. The lowest BCUT2D eigenvalue weighted by Crippen LogP contribution is -1.94. The smallest absolute Gasteiger partial charge is 0.231 e. The quantitative estimate of drug-likeness (QED) is 0.894. The fourth-order valence-corrected chi connectivity index (χ4v) is 2.04. The third-order valence-corrected chi connectivity index (χ3v) is 2.94. The summed E-state index contributed by atoms with van der Waals surface area (Å²) >= 11 is 6.19. The SMILES string of the molecule is COc1c(Cl)c(-c2ccc(O)c(C)c2)nn1C. The zero-order valence-corrected chi connectivity index (χ0v) is 10.6. The minimum Gasteiger partial charge on any atom is -0.508 e. The average molecular weight is 253 g/mol. The van der Waals surface area contributed by atoms with Crippen molar-refractivity contribution >= 4 is 11.6 Å². The number of benzene rings is 1. The van der Waals surface area contributed by atoms with Crippen LogP contribution in [-0.2, 0) is 7.05 Å². The van der Waals surface area contributed by atoms with Gasteiger partial charge in [0.1, 0.15) is 16.5 Å². The predicted molar refractivity (Wildman–Crippen MR) is 66.6 cm³/mol. The first kappa shape index (κ1) is 11.8. The Labute approximate surface area is 104 Å². The first-order valence-electron chi connectivity index (χ1n) is 5.11. The van der Waals surface area contributed by atoms with Gasteiger partial charge in [-0.2, -0.15) is 5.10 Å². The molecule has 0 spiro atoms. The molecule has 0 aliphatic rings. The van der Waals surface area contributed by atoms with Gasteiger partial charge in [-0.3, -0.25) is 0 Å². The number of aromatic hydroxyl groups is 1. The van der Waals surface area contributed by atoms with Crippen molar-refractivity contribution in [3.63, 3.8) is 0 Å².